The number of hydrogen-bond acceptors (Lipinski definition) is 2. The predicted octanol–water partition coefficient (Wildman–Crippen LogP) is 2.86. The molecule has 0 heterocycles. The number of rotatable bonds is 2. The van der Waals surface area contributed by atoms with Crippen molar-refractivity contribution in [3.8, 4) is 5.75 Å². The summed E-state index contributed by atoms with van der Waals surface area (Å²) in [4.78, 5) is 0.581. The van der Waals surface area contributed by atoms with Crippen LogP contribution < -0.4 is 4.74 Å². The molecule has 1 aromatic rings. The quantitative estimate of drug-likeness (QED) is 0.657. The van der Waals surface area contributed by atoms with Crippen molar-refractivity contribution in [3.05, 3.63) is 23.5 Å². The van der Waals surface area contributed by atoms with E-state index in [0.29, 0.717) is 10.6 Å². The Morgan fingerprint density at radius 2 is 2.08 bits per heavy atom. The molecule has 0 aliphatic carbocycles. The molecular weight excluding hydrogens is 175 g/mol. The highest BCUT2D eigenvalue weighted by Gasteiger charge is 2.09. The molecule has 0 aliphatic rings. The first kappa shape index (κ1) is 9.39. The third-order valence-electron chi connectivity index (χ3n) is 1.67. The van der Waals surface area contributed by atoms with Gasteiger partial charge in [0.25, 0.3) is 0 Å². The van der Waals surface area contributed by atoms with E-state index in [0.717, 1.165) is 5.56 Å². The second-order valence-electron chi connectivity index (χ2n) is 2.43. The largest absolute Gasteiger partial charge is 0.495 e. The molecule has 0 atom stereocenters. The first-order chi connectivity index (χ1) is 5.70. The van der Waals surface area contributed by atoms with Gasteiger partial charge in [-0.2, -0.15) is 0 Å². The number of halogens is 1. The summed E-state index contributed by atoms with van der Waals surface area (Å²) in [6, 6.07) is 3.18. The summed E-state index contributed by atoms with van der Waals surface area (Å²) in [6.45, 7) is 1.90. The molecule has 0 aliphatic heterocycles. The molecule has 0 N–H and O–H groups in total. The molecule has 66 valence electrons. The van der Waals surface area contributed by atoms with Gasteiger partial charge in [-0.15, -0.1) is 11.8 Å². The molecule has 0 amide bonds. The molecule has 0 bridgehead atoms. The fraction of sp³-hybridized carbons (Fsp3) is 0.333. The van der Waals surface area contributed by atoms with Crippen LogP contribution in [0.25, 0.3) is 0 Å². The fourth-order valence-electron chi connectivity index (χ4n) is 1.08. The van der Waals surface area contributed by atoms with Gasteiger partial charge < -0.3 is 4.74 Å². The van der Waals surface area contributed by atoms with Gasteiger partial charge >= 0.3 is 0 Å². The maximum Gasteiger partial charge on any atom is 0.140 e. The maximum atomic E-state index is 13.1. The van der Waals surface area contributed by atoms with E-state index in [9.17, 15) is 4.39 Å². The Bertz CT molecular complexity index is 257. The standard InChI is InChI=1S/C9H11FOS/c1-6-4-5-7(10)9(12-3)8(6)11-2/h4-5H,1-3H3. The molecule has 1 nitrogen and oxygen atoms in total. The van der Waals surface area contributed by atoms with Crippen LogP contribution in [-0.4, -0.2) is 13.4 Å². The molecule has 0 saturated carbocycles. The molecule has 0 fully saturated rings. The van der Waals surface area contributed by atoms with E-state index in [2.05, 4.69) is 0 Å². The molecule has 3 heteroatoms. The van der Waals surface area contributed by atoms with E-state index in [-0.39, 0.29) is 5.82 Å². The van der Waals surface area contributed by atoms with E-state index < -0.39 is 0 Å². The first-order valence-corrected chi connectivity index (χ1v) is 4.80. The monoisotopic (exact) mass is 186 g/mol. The number of thioether (sulfide) groups is 1. The predicted molar refractivity (Wildman–Crippen MR) is 49.5 cm³/mol. The van der Waals surface area contributed by atoms with Crippen molar-refractivity contribution in [2.24, 2.45) is 0 Å². The van der Waals surface area contributed by atoms with Crippen molar-refractivity contribution < 1.29 is 9.13 Å². The number of benzene rings is 1. The first-order valence-electron chi connectivity index (χ1n) is 3.57. The molecule has 0 radical (unpaired) electrons. The van der Waals surface area contributed by atoms with Crippen molar-refractivity contribution >= 4 is 11.8 Å². The van der Waals surface area contributed by atoms with Gasteiger partial charge in [0, 0.05) is 0 Å². The topological polar surface area (TPSA) is 9.23 Å². The third kappa shape index (κ3) is 1.55. The molecule has 0 unspecified atom stereocenters. The van der Waals surface area contributed by atoms with Gasteiger partial charge in [-0.05, 0) is 24.8 Å². The van der Waals surface area contributed by atoms with Crippen LogP contribution >= 0.6 is 11.8 Å². The lowest BCUT2D eigenvalue weighted by Crippen LogP contribution is -1.92. The molecule has 1 aromatic carbocycles. The minimum absolute atomic E-state index is 0.218. The molecule has 12 heavy (non-hydrogen) atoms. The summed E-state index contributed by atoms with van der Waals surface area (Å²) in [6.07, 6.45) is 1.83. The van der Waals surface area contributed by atoms with E-state index in [4.69, 9.17) is 4.74 Å². The van der Waals surface area contributed by atoms with E-state index in [1.807, 2.05) is 13.2 Å². The van der Waals surface area contributed by atoms with E-state index in [1.165, 1.54) is 17.8 Å². The molecule has 0 aromatic heterocycles. The molecule has 0 saturated heterocycles. The average Bonchev–Trinajstić information content (AvgIpc) is 2.08. The Kier molecular flexibility index (Phi) is 2.98. The summed E-state index contributed by atoms with van der Waals surface area (Å²) in [5, 5.41) is 0. The second kappa shape index (κ2) is 3.81. The van der Waals surface area contributed by atoms with Gasteiger partial charge in [0.1, 0.15) is 11.6 Å². The van der Waals surface area contributed by atoms with E-state index in [1.54, 1.807) is 13.2 Å². The van der Waals surface area contributed by atoms with Gasteiger partial charge in [0.15, 0.2) is 0 Å². The lowest BCUT2D eigenvalue weighted by molar-refractivity contribution is 0.394. The van der Waals surface area contributed by atoms with Gasteiger partial charge in [0.2, 0.25) is 0 Å². The summed E-state index contributed by atoms with van der Waals surface area (Å²) in [5.74, 6) is 0.424. The Hall–Kier alpha value is -0.700. The van der Waals surface area contributed by atoms with Crippen molar-refractivity contribution in [2.45, 2.75) is 11.8 Å². The SMILES string of the molecule is COc1c(C)ccc(F)c1SC. The summed E-state index contributed by atoms with van der Waals surface area (Å²) in [5.41, 5.74) is 0.961. The van der Waals surface area contributed by atoms with Crippen LogP contribution in [0.5, 0.6) is 5.75 Å². The lowest BCUT2D eigenvalue weighted by atomic mass is 10.2. The fourth-order valence-corrected chi connectivity index (χ4v) is 1.77. The van der Waals surface area contributed by atoms with Gasteiger partial charge in [0.05, 0.1) is 12.0 Å². The van der Waals surface area contributed by atoms with Crippen molar-refractivity contribution in [1.29, 1.82) is 0 Å². The highest BCUT2D eigenvalue weighted by molar-refractivity contribution is 7.98. The number of hydrogen-bond donors (Lipinski definition) is 0. The number of methoxy groups -OCH3 is 1. The maximum absolute atomic E-state index is 13.1. The molecular formula is C9H11FOS. The Morgan fingerprint density at radius 3 is 2.50 bits per heavy atom. The van der Waals surface area contributed by atoms with Crippen LogP contribution in [-0.2, 0) is 0 Å². The Balaban J connectivity index is 3.28. The van der Waals surface area contributed by atoms with E-state index >= 15 is 0 Å². The van der Waals surface area contributed by atoms with Gasteiger partial charge in [-0.3, -0.25) is 0 Å². The molecule has 0 spiro atoms. The van der Waals surface area contributed by atoms with Crippen molar-refractivity contribution in [2.75, 3.05) is 13.4 Å². The minimum Gasteiger partial charge on any atom is -0.495 e. The minimum atomic E-state index is -0.218. The average molecular weight is 186 g/mol. The number of aryl methyl sites for hydroxylation is 1. The van der Waals surface area contributed by atoms with Crippen LogP contribution in [0.15, 0.2) is 17.0 Å². The smallest absolute Gasteiger partial charge is 0.140 e. The van der Waals surface area contributed by atoms with Crippen molar-refractivity contribution in [3.63, 3.8) is 0 Å². The highest BCUT2D eigenvalue weighted by atomic mass is 32.2. The highest BCUT2D eigenvalue weighted by Crippen LogP contribution is 2.32. The van der Waals surface area contributed by atoms with Crippen molar-refractivity contribution in [1.82, 2.24) is 0 Å². The third-order valence-corrected chi connectivity index (χ3v) is 2.46. The number of ether oxygens (including phenoxy) is 1. The van der Waals surface area contributed by atoms with Crippen LogP contribution in [0, 0.1) is 12.7 Å². The zero-order chi connectivity index (χ0) is 9.14. The van der Waals surface area contributed by atoms with Crippen LogP contribution in [0.2, 0.25) is 0 Å². The van der Waals surface area contributed by atoms with Gasteiger partial charge in [-0.1, -0.05) is 6.07 Å². The summed E-state index contributed by atoms with van der Waals surface area (Å²) >= 11 is 1.36. The normalized spacial score (nSPS) is 10.0. The second-order valence-corrected chi connectivity index (χ2v) is 3.25. The summed E-state index contributed by atoms with van der Waals surface area (Å²) in [7, 11) is 1.56. The summed E-state index contributed by atoms with van der Waals surface area (Å²) < 4.78 is 18.2. The lowest BCUT2D eigenvalue weighted by Gasteiger charge is -2.09. The van der Waals surface area contributed by atoms with Crippen LogP contribution in [0.1, 0.15) is 5.56 Å². The Morgan fingerprint density at radius 1 is 1.42 bits per heavy atom. The van der Waals surface area contributed by atoms with Crippen LogP contribution in [0.3, 0.4) is 0 Å². The van der Waals surface area contributed by atoms with Crippen LogP contribution in [0.4, 0.5) is 4.39 Å². The van der Waals surface area contributed by atoms with Gasteiger partial charge in [-0.25, -0.2) is 4.39 Å². The molecule has 1 rings (SSSR count). The zero-order valence-corrected chi connectivity index (χ0v) is 8.17. The Labute approximate surface area is 75.9 Å². The zero-order valence-electron chi connectivity index (χ0n) is 7.35.